The van der Waals surface area contributed by atoms with Crippen molar-refractivity contribution in [1.29, 1.82) is 0 Å². The Labute approximate surface area is 134 Å². The van der Waals surface area contributed by atoms with E-state index in [1.807, 2.05) is 0 Å². The van der Waals surface area contributed by atoms with Crippen molar-refractivity contribution in [2.75, 3.05) is 5.75 Å². The molecule has 0 heterocycles. The van der Waals surface area contributed by atoms with Gasteiger partial charge in [-0.3, -0.25) is 0 Å². The van der Waals surface area contributed by atoms with Crippen LogP contribution in [-0.4, -0.2) is 14.2 Å². The van der Waals surface area contributed by atoms with E-state index in [9.17, 15) is 26.0 Å². The number of halogens is 4. The molecule has 132 valence electrons. The fraction of sp³-hybridized carbons (Fsp3) is 0.625. The zero-order valence-corrected chi connectivity index (χ0v) is 14.2. The Hall–Kier alpha value is -1.11. The lowest BCUT2D eigenvalue weighted by molar-refractivity contribution is 0.434. The minimum absolute atomic E-state index is 0.255. The first-order valence-corrected chi connectivity index (χ1v) is 9.55. The summed E-state index contributed by atoms with van der Waals surface area (Å²) in [6.45, 7) is 2.96. The van der Waals surface area contributed by atoms with Gasteiger partial charge in [-0.2, -0.15) is 0 Å². The van der Waals surface area contributed by atoms with E-state index in [1.54, 1.807) is 0 Å². The lowest BCUT2D eigenvalue weighted by Crippen LogP contribution is -2.15. The van der Waals surface area contributed by atoms with Crippen LogP contribution in [0, 0.1) is 30.2 Å². The summed E-state index contributed by atoms with van der Waals surface area (Å²) >= 11 is 0. The Bertz CT molecular complexity index is 613. The van der Waals surface area contributed by atoms with Gasteiger partial charge < -0.3 is 0 Å². The Morgan fingerprint density at radius 1 is 0.783 bits per heavy atom. The van der Waals surface area contributed by atoms with Crippen LogP contribution in [-0.2, 0) is 15.6 Å². The first-order chi connectivity index (χ1) is 10.7. The monoisotopic (exact) mass is 354 g/mol. The lowest BCUT2D eigenvalue weighted by Gasteiger charge is -2.10. The van der Waals surface area contributed by atoms with Gasteiger partial charge in [0, 0.05) is 11.1 Å². The summed E-state index contributed by atoms with van der Waals surface area (Å²) in [5.41, 5.74) is -1.85. The molecule has 0 amide bonds. The smallest absolute Gasteiger partial charge is 0.166 e. The van der Waals surface area contributed by atoms with Gasteiger partial charge >= 0.3 is 0 Å². The summed E-state index contributed by atoms with van der Waals surface area (Å²) in [4.78, 5) is 0. The topological polar surface area (TPSA) is 34.1 Å². The average molecular weight is 354 g/mol. The Morgan fingerprint density at radius 3 is 1.78 bits per heavy atom. The Kier molecular flexibility index (Phi) is 7.51. The lowest BCUT2D eigenvalue weighted by atomic mass is 10.1. The van der Waals surface area contributed by atoms with Gasteiger partial charge in [0.1, 0.15) is 0 Å². The van der Waals surface area contributed by atoms with Crippen LogP contribution in [0.25, 0.3) is 0 Å². The van der Waals surface area contributed by atoms with Gasteiger partial charge in [0.15, 0.2) is 33.1 Å². The molecule has 0 saturated heterocycles. The molecule has 0 aliphatic heterocycles. The van der Waals surface area contributed by atoms with Crippen LogP contribution in [0.2, 0.25) is 0 Å². The van der Waals surface area contributed by atoms with Gasteiger partial charge in [0.2, 0.25) is 0 Å². The third-order valence-corrected chi connectivity index (χ3v) is 5.39. The fourth-order valence-corrected chi connectivity index (χ4v) is 3.79. The third-order valence-electron chi connectivity index (χ3n) is 3.75. The van der Waals surface area contributed by atoms with Gasteiger partial charge in [-0.25, -0.2) is 26.0 Å². The number of rotatable bonds is 9. The largest absolute Gasteiger partial charge is 0.228 e. The molecule has 0 spiro atoms. The minimum atomic E-state index is -3.83. The van der Waals surface area contributed by atoms with Crippen molar-refractivity contribution < 1.29 is 26.0 Å². The molecule has 0 aliphatic rings. The molecule has 0 aliphatic carbocycles. The normalized spacial score (nSPS) is 11.9. The van der Waals surface area contributed by atoms with E-state index >= 15 is 0 Å². The van der Waals surface area contributed by atoms with Crippen molar-refractivity contribution in [1.82, 2.24) is 0 Å². The molecule has 0 unspecified atom stereocenters. The second-order valence-electron chi connectivity index (χ2n) is 5.72. The number of hydrogen-bond acceptors (Lipinski definition) is 2. The maximum absolute atomic E-state index is 13.7. The number of benzene rings is 1. The quantitative estimate of drug-likeness (QED) is 0.362. The standard InChI is InChI=1S/C16H22F4O2S/c1-3-4-5-6-7-8-9-23(21,22)10-12-15(19)13(17)11(2)14(18)16(12)20/h3-10H2,1-2H3. The molecule has 23 heavy (non-hydrogen) atoms. The Morgan fingerprint density at radius 2 is 1.26 bits per heavy atom. The molecule has 1 aromatic carbocycles. The number of hydrogen-bond donors (Lipinski definition) is 0. The molecule has 0 fully saturated rings. The van der Waals surface area contributed by atoms with Crippen LogP contribution in [0.15, 0.2) is 0 Å². The van der Waals surface area contributed by atoms with Crippen molar-refractivity contribution in [2.45, 2.75) is 58.1 Å². The van der Waals surface area contributed by atoms with E-state index in [2.05, 4.69) is 6.92 Å². The molecule has 0 aromatic heterocycles. The molecule has 7 heteroatoms. The van der Waals surface area contributed by atoms with E-state index in [4.69, 9.17) is 0 Å². The second-order valence-corrected chi connectivity index (χ2v) is 7.90. The van der Waals surface area contributed by atoms with Crippen LogP contribution < -0.4 is 0 Å². The summed E-state index contributed by atoms with van der Waals surface area (Å²) < 4.78 is 78.2. The van der Waals surface area contributed by atoms with E-state index in [0.717, 1.165) is 32.6 Å². The molecular formula is C16H22F4O2S. The van der Waals surface area contributed by atoms with Crippen molar-refractivity contribution in [3.63, 3.8) is 0 Å². The molecule has 1 aromatic rings. The average Bonchev–Trinajstić information content (AvgIpc) is 2.51. The SMILES string of the molecule is CCCCCCCCS(=O)(=O)Cc1c(F)c(F)c(C)c(F)c1F. The van der Waals surface area contributed by atoms with Gasteiger partial charge in [-0.1, -0.05) is 39.0 Å². The highest BCUT2D eigenvalue weighted by Crippen LogP contribution is 2.25. The number of unbranched alkanes of at least 4 members (excludes halogenated alkanes) is 5. The molecule has 0 bridgehead atoms. The van der Waals surface area contributed by atoms with Crippen molar-refractivity contribution in [3.8, 4) is 0 Å². The van der Waals surface area contributed by atoms with Crippen LogP contribution in [0.5, 0.6) is 0 Å². The highest BCUT2D eigenvalue weighted by atomic mass is 32.2. The number of sulfone groups is 1. The zero-order chi connectivity index (χ0) is 17.6. The molecule has 2 nitrogen and oxygen atoms in total. The molecule has 0 radical (unpaired) electrons. The minimum Gasteiger partial charge on any atom is -0.228 e. The maximum atomic E-state index is 13.7. The molecule has 1 rings (SSSR count). The second kappa shape index (κ2) is 8.66. The Balaban J connectivity index is 2.75. The van der Waals surface area contributed by atoms with Crippen LogP contribution >= 0.6 is 0 Å². The van der Waals surface area contributed by atoms with Gasteiger partial charge in [-0.05, 0) is 13.3 Å². The van der Waals surface area contributed by atoms with Gasteiger partial charge in [-0.15, -0.1) is 0 Å². The predicted molar refractivity (Wildman–Crippen MR) is 81.9 cm³/mol. The van der Waals surface area contributed by atoms with Crippen molar-refractivity contribution in [2.24, 2.45) is 0 Å². The molecule has 0 N–H and O–H groups in total. The zero-order valence-electron chi connectivity index (χ0n) is 13.4. The maximum Gasteiger partial charge on any atom is 0.166 e. The summed E-state index contributed by atoms with van der Waals surface area (Å²) in [6, 6.07) is 0. The van der Waals surface area contributed by atoms with E-state index in [-0.39, 0.29) is 5.75 Å². The van der Waals surface area contributed by atoms with Gasteiger partial charge in [0.25, 0.3) is 0 Å². The van der Waals surface area contributed by atoms with E-state index < -0.39 is 50.0 Å². The highest BCUT2D eigenvalue weighted by Gasteiger charge is 2.26. The highest BCUT2D eigenvalue weighted by molar-refractivity contribution is 7.90. The molecular weight excluding hydrogens is 332 g/mol. The fourth-order valence-electron chi connectivity index (χ4n) is 2.31. The molecule has 0 saturated carbocycles. The van der Waals surface area contributed by atoms with Crippen LogP contribution in [0.3, 0.4) is 0 Å². The van der Waals surface area contributed by atoms with E-state index in [1.165, 1.54) is 0 Å². The predicted octanol–water partition coefficient (Wildman–Crippen LogP) is 4.83. The first-order valence-electron chi connectivity index (χ1n) is 7.73. The van der Waals surface area contributed by atoms with Crippen molar-refractivity contribution in [3.05, 3.63) is 34.4 Å². The van der Waals surface area contributed by atoms with Crippen molar-refractivity contribution >= 4 is 9.84 Å². The summed E-state index contributed by atoms with van der Waals surface area (Å²) in [5, 5.41) is 0. The third kappa shape index (κ3) is 5.48. The first kappa shape index (κ1) is 19.9. The van der Waals surface area contributed by atoms with Crippen LogP contribution in [0.4, 0.5) is 17.6 Å². The van der Waals surface area contributed by atoms with E-state index in [0.29, 0.717) is 12.8 Å². The summed E-state index contributed by atoms with van der Waals surface area (Å²) in [6.07, 6.45) is 5.10. The summed E-state index contributed by atoms with van der Waals surface area (Å²) in [5.74, 6) is -7.65. The van der Waals surface area contributed by atoms with Crippen LogP contribution in [0.1, 0.15) is 56.6 Å². The molecule has 0 atom stereocenters. The summed E-state index contributed by atoms with van der Waals surface area (Å²) in [7, 11) is -3.83. The van der Waals surface area contributed by atoms with Gasteiger partial charge in [0.05, 0.1) is 11.5 Å².